The number of carbonyl (C=O) groups excluding carboxylic acids is 1. The number of carbonyl (C=O) groups is 1. The van der Waals surface area contributed by atoms with Crippen LogP contribution in [0.1, 0.15) is 26.7 Å². The Bertz CT molecular complexity index is 1250. The van der Waals surface area contributed by atoms with Crippen molar-refractivity contribution in [2.75, 3.05) is 36.6 Å². The van der Waals surface area contributed by atoms with Gasteiger partial charge in [0.1, 0.15) is 5.82 Å². The van der Waals surface area contributed by atoms with Crippen LogP contribution in [0.3, 0.4) is 0 Å². The van der Waals surface area contributed by atoms with E-state index in [0.29, 0.717) is 30.5 Å². The molecule has 3 rings (SSSR count). The molecule has 0 aliphatic carbocycles. The summed E-state index contributed by atoms with van der Waals surface area (Å²) in [5.41, 5.74) is 5.72. The number of amides is 1. The zero-order valence-electron chi connectivity index (χ0n) is 20.1. The van der Waals surface area contributed by atoms with E-state index in [4.69, 9.17) is 10.5 Å². The van der Waals surface area contributed by atoms with Gasteiger partial charge < -0.3 is 19.9 Å². The third kappa shape index (κ3) is 5.98. The molecule has 0 spiro atoms. The van der Waals surface area contributed by atoms with Crippen LogP contribution in [-0.4, -0.2) is 61.2 Å². The quantitative estimate of drug-likeness (QED) is 0.349. The zero-order chi connectivity index (χ0) is 25.4. The molecule has 12 nitrogen and oxygen atoms in total. The van der Waals surface area contributed by atoms with Gasteiger partial charge in [0.2, 0.25) is 5.91 Å². The number of aromatic nitrogens is 6. The van der Waals surface area contributed by atoms with E-state index in [1.807, 2.05) is 30.5 Å². The number of nitrogens with one attached hydrogen (secondary N) is 1. The SMILES string of the molecule is CCCCn1c(N)c(N(CCOC)C(=O)CSc2nnc(-c3ccncc3)n2CC)c(=O)[nH]c1=O. The van der Waals surface area contributed by atoms with Gasteiger partial charge in [0.15, 0.2) is 16.7 Å². The molecule has 3 aromatic heterocycles. The Kier molecular flexibility index (Phi) is 9.20. The maximum Gasteiger partial charge on any atom is 0.330 e. The monoisotopic (exact) mass is 502 g/mol. The van der Waals surface area contributed by atoms with Crippen LogP contribution in [0.25, 0.3) is 11.4 Å². The fourth-order valence-electron chi connectivity index (χ4n) is 3.52. The molecule has 0 radical (unpaired) electrons. The number of rotatable bonds is 12. The number of nitrogens with two attached hydrogens (primary N) is 1. The van der Waals surface area contributed by atoms with Gasteiger partial charge in [0.25, 0.3) is 5.56 Å². The van der Waals surface area contributed by atoms with Gasteiger partial charge in [-0.05, 0) is 25.5 Å². The lowest BCUT2D eigenvalue weighted by Crippen LogP contribution is -2.43. The summed E-state index contributed by atoms with van der Waals surface area (Å²) in [5, 5.41) is 9.08. The molecule has 35 heavy (non-hydrogen) atoms. The molecular weight excluding hydrogens is 472 g/mol. The molecule has 0 saturated heterocycles. The van der Waals surface area contributed by atoms with E-state index in [1.54, 1.807) is 12.4 Å². The number of unbranched alkanes of at least 4 members (excludes halogenated alkanes) is 1. The van der Waals surface area contributed by atoms with Crippen molar-refractivity contribution in [2.45, 2.75) is 44.9 Å². The molecule has 0 unspecified atom stereocenters. The fourth-order valence-corrected chi connectivity index (χ4v) is 4.40. The third-order valence-corrected chi connectivity index (χ3v) is 6.29. The molecule has 0 bridgehead atoms. The average Bonchev–Trinajstić information content (AvgIpc) is 3.27. The largest absolute Gasteiger partial charge is 0.383 e. The number of thioether (sulfide) groups is 1. The van der Waals surface area contributed by atoms with Gasteiger partial charge in [-0.25, -0.2) is 4.79 Å². The molecule has 188 valence electrons. The number of hydrogen-bond acceptors (Lipinski definition) is 9. The zero-order valence-corrected chi connectivity index (χ0v) is 20.9. The Balaban J connectivity index is 1.88. The Morgan fingerprint density at radius 2 is 1.94 bits per heavy atom. The number of anilines is 2. The first-order valence-corrected chi connectivity index (χ1v) is 12.3. The highest BCUT2D eigenvalue weighted by Gasteiger charge is 2.25. The summed E-state index contributed by atoms with van der Waals surface area (Å²) in [7, 11) is 1.50. The number of aromatic amines is 1. The van der Waals surface area contributed by atoms with Crippen molar-refractivity contribution in [3.8, 4) is 11.4 Å². The minimum absolute atomic E-state index is 0.0227. The second-order valence-electron chi connectivity index (χ2n) is 7.61. The topological polar surface area (TPSA) is 154 Å². The summed E-state index contributed by atoms with van der Waals surface area (Å²) in [6.45, 7) is 5.16. The third-order valence-electron chi connectivity index (χ3n) is 5.34. The van der Waals surface area contributed by atoms with Crippen LogP contribution >= 0.6 is 11.8 Å². The second kappa shape index (κ2) is 12.3. The van der Waals surface area contributed by atoms with Gasteiger partial charge in [-0.2, -0.15) is 0 Å². The smallest absolute Gasteiger partial charge is 0.330 e. The summed E-state index contributed by atoms with van der Waals surface area (Å²) < 4.78 is 8.33. The van der Waals surface area contributed by atoms with E-state index in [0.717, 1.165) is 12.0 Å². The maximum atomic E-state index is 13.3. The highest BCUT2D eigenvalue weighted by Crippen LogP contribution is 2.25. The minimum Gasteiger partial charge on any atom is -0.383 e. The Morgan fingerprint density at radius 1 is 1.20 bits per heavy atom. The lowest BCUT2D eigenvalue weighted by atomic mass is 10.2. The molecule has 0 atom stereocenters. The van der Waals surface area contributed by atoms with Crippen LogP contribution in [0, 0.1) is 0 Å². The predicted molar refractivity (Wildman–Crippen MR) is 135 cm³/mol. The molecule has 3 N–H and O–H groups in total. The van der Waals surface area contributed by atoms with E-state index in [2.05, 4.69) is 20.2 Å². The molecule has 1 amide bonds. The Morgan fingerprint density at radius 3 is 2.60 bits per heavy atom. The standard InChI is InChI=1S/C22H30N8O4S/c1-4-6-11-30-18(23)17(20(32)25-21(30)33)29(12-13-34-3)16(31)14-35-22-27-26-19(28(22)5-2)15-7-9-24-10-8-15/h7-10H,4-6,11-14,23H2,1-3H3,(H,25,32,33). The molecule has 0 aliphatic heterocycles. The van der Waals surface area contributed by atoms with Crippen molar-refractivity contribution < 1.29 is 9.53 Å². The van der Waals surface area contributed by atoms with E-state index < -0.39 is 11.2 Å². The first kappa shape index (κ1) is 26.2. The van der Waals surface area contributed by atoms with Crippen molar-refractivity contribution in [2.24, 2.45) is 0 Å². The number of methoxy groups -OCH3 is 1. The van der Waals surface area contributed by atoms with Gasteiger partial charge in [0, 0.05) is 44.7 Å². The molecule has 0 saturated carbocycles. The van der Waals surface area contributed by atoms with Crippen molar-refractivity contribution >= 4 is 29.2 Å². The second-order valence-corrected chi connectivity index (χ2v) is 8.55. The fraction of sp³-hybridized carbons (Fsp3) is 0.455. The molecule has 3 heterocycles. The molecular formula is C22H30N8O4S. The van der Waals surface area contributed by atoms with E-state index in [-0.39, 0.29) is 36.3 Å². The normalized spacial score (nSPS) is 11.1. The van der Waals surface area contributed by atoms with Gasteiger partial charge in [-0.3, -0.25) is 24.1 Å². The number of pyridine rings is 1. The van der Waals surface area contributed by atoms with Gasteiger partial charge >= 0.3 is 5.69 Å². The highest BCUT2D eigenvalue weighted by atomic mass is 32.2. The summed E-state index contributed by atoms with van der Waals surface area (Å²) >= 11 is 1.20. The van der Waals surface area contributed by atoms with E-state index in [1.165, 1.54) is 28.3 Å². The molecule has 0 aliphatic rings. The van der Waals surface area contributed by atoms with Crippen molar-refractivity contribution in [1.82, 2.24) is 29.3 Å². The number of hydrogen-bond donors (Lipinski definition) is 2. The average molecular weight is 503 g/mol. The lowest BCUT2D eigenvalue weighted by molar-refractivity contribution is -0.116. The molecule has 13 heteroatoms. The van der Waals surface area contributed by atoms with Gasteiger partial charge in [-0.1, -0.05) is 25.1 Å². The van der Waals surface area contributed by atoms with Crippen LogP contribution in [0.2, 0.25) is 0 Å². The van der Waals surface area contributed by atoms with Crippen molar-refractivity contribution in [1.29, 1.82) is 0 Å². The summed E-state index contributed by atoms with van der Waals surface area (Å²) in [6, 6.07) is 3.68. The Hall–Kier alpha value is -3.45. The van der Waals surface area contributed by atoms with Crippen LogP contribution in [-0.2, 0) is 22.6 Å². The number of nitrogens with zero attached hydrogens (tertiary/aromatic N) is 6. The summed E-state index contributed by atoms with van der Waals surface area (Å²) in [5.74, 6) is 0.231. The molecule has 0 aromatic carbocycles. The van der Waals surface area contributed by atoms with E-state index in [9.17, 15) is 14.4 Å². The Labute approximate surface area is 206 Å². The predicted octanol–water partition coefficient (Wildman–Crippen LogP) is 1.36. The molecule has 0 fully saturated rings. The van der Waals surface area contributed by atoms with Crippen LogP contribution in [0.4, 0.5) is 11.5 Å². The van der Waals surface area contributed by atoms with E-state index >= 15 is 0 Å². The minimum atomic E-state index is -0.716. The lowest BCUT2D eigenvalue weighted by Gasteiger charge is -2.24. The number of ether oxygens (including phenoxy) is 1. The van der Waals surface area contributed by atoms with Gasteiger partial charge in [0.05, 0.1) is 12.4 Å². The first-order chi connectivity index (χ1) is 16.9. The van der Waals surface area contributed by atoms with Crippen LogP contribution in [0.15, 0.2) is 39.3 Å². The highest BCUT2D eigenvalue weighted by molar-refractivity contribution is 7.99. The van der Waals surface area contributed by atoms with Crippen LogP contribution in [0.5, 0.6) is 0 Å². The number of H-pyrrole nitrogens is 1. The number of nitrogen functional groups attached to an aromatic ring is 1. The molecule has 3 aromatic rings. The summed E-state index contributed by atoms with van der Waals surface area (Å²) in [6.07, 6.45) is 4.89. The van der Waals surface area contributed by atoms with Crippen molar-refractivity contribution in [3.63, 3.8) is 0 Å². The van der Waals surface area contributed by atoms with Crippen molar-refractivity contribution in [3.05, 3.63) is 45.4 Å². The van der Waals surface area contributed by atoms with Gasteiger partial charge in [-0.15, -0.1) is 10.2 Å². The summed E-state index contributed by atoms with van der Waals surface area (Å²) in [4.78, 5) is 45.9. The van der Waals surface area contributed by atoms with Crippen LogP contribution < -0.4 is 21.9 Å². The first-order valence-electron chi connectivity index (χ1n) is 11.3. The maximum absolute atomic E-state index is 13.3.